The van der Waals surface area contributed by atoms with E-state index in [1.165, 1.54) is 12.3 Å². The van der Waals surface area contributed by atoms with Crippen molar-refractivity contribution in [1.29, 1.82) is 0 Å². The molecular weight excluding hydrogens is 276 g/mol. The molecule has 20 heavy (non-hydrogen) atoms. The summed E-state index contributed by atoms with van der Waals surface area (Å²) in [7, 11) is -1.57. The van der Waals surface area contributed by atoms with Crippen LogP contribution in [0.1, 0.15) is 11.1 Å². The third-order valence-electron chi connectivity index (χ3n) is 2.64. The second-order valence-corrected chi connectivity index (χ2v) is 5.29. The first kappa shape index (κ1) is 14.1. The van der Waals surface area contributed by atoms with Crippen molar-refractivity contribution in [3.63, 3.8) is 0 Å². The van der Waals surface area contributed by atoms with Gasteiger partial charge in [0.15, 0.2) is 11.0 Å². The number of nitrogens with zero attached hydrogens (tertiary/aromatic N) is 2. The molecule has 2 aromatic carbocycles. The van der Waals surface area contributed by atoms with Gasteiger partial charge in [0.25, 0.3) is 5.69 Å². The molecule has 0 aliphatic carbocycles. The van der Waals surface area contributed by atoms with E-state index in [-0.39, 0.29) is 5.69 Å². The standard InChI is InChI=1S/C14H12N2O3S/c1-11-6-8-13(9-7-11)20(19)15-10-12-4-2-3-5-14(12)16(17)18/h2-10H,1H3/b15-10+. The zero-order valence-electron chi connectivity index (χ0n) is 10.7. The monoisotopic (exact) mass is 288 g/mol. The SMILES string of the molecule is Cc1ccc(S(=O)/N=C/c2ccccc2[N+](=O)[O-])cc1. The first-order valence-corrected chi connectivity index (χ1v) is 6.94. The molecule has 5 nitrogen and oxygen atoms in total. The van der Waals surface area contributed by atoms with Gasteiger partial charge in [-0.05, 0) is 25.1 Å². The molecule has 0 spiro atoms. The van der Waals surface area contributed by atoms with Crippen LogP contribution in [0.5, 0.6) is 0 Å². The van der Waals surface area contributed by atoms with Crippen LogP contribution in [0.25, 0.3) is 0 Å². The number of nitro groups is 1. The molecule has 0 aliphatic rings. The summed E-state index contributed by atoms with van der Waals surface area (Å²) in [4.78, 5) is 10.9. The molecule has 0 amide bonds. The molecule has 102 valence electrons. The molecule has 0 N–H and O–H groups in total. The maximum absolute atomic E-state index is 12.0. The minimum absolute atomic E-state index is 0.0582. The predicted octanol–water partition coefficient (Wildman–Crippen LogP) is 3.04. The molecule has 0 bridgehead atoms. The van der Waals surface area contributed by atoms with Crippen molar-refractivity contribution in [2.75, 3.05) is 0 Å². The van der Waals surface area contributed by atoms with Gasteiger partial charge in [0.1, 0.15) is 0 Å². The van der Waals surface area contributed by atoms with Crippen molar-refractivity contribution in [2.24, 2.45) is 4.40 Å². The summed E-state index contributed by atoms with van der Waals surface area (Å²) in [6, 6.07) is 13.3. The average molecular weight is 288 g/mol. The lowest BCUT2D eigenvalue weighted by atomic mass is 10.2. The van der Waals surface area contributed by atoms with Crippen molar-refractivity contribution >= 4 is 22.9 Å². The van der Waals surface area contributed by atoms with Crippen LogP contribution in [-0.4, -0.2) is 15.3 Å². The lowest BCUT2D eigenvalue weighted by Gasteiger charge is -1.98. The third kappa shape index (κ3) is 3.36. The van der Waals surface area contributed by atoms with Crippen LogP contribution in [0.2, 0.25) is 0 Å². The number of nitro benzene ring substituents is 1. The van der Waals surface area contributed by atoms with Crippen molar-refractivity contribution in [3.8, 4) is 0 Å². The lowest BCUT2D eigenvalue weighted by Crippen LogP contribution is -1.95. The molecular formula is C14H12N2O3S. The van der Waals surface area contributed by atoms with E-state index in [2.05, 4.69) is 4.40 Å². The second-order valence-electron chi connectivity index (χ2n) is 4.11. The Balaban J connectivity index is 2.23. The number of benzene rings is 2. The van der Waals surface area contributed by atoms with Crippen LogP contribution in [0, 0.1) is 17.0 Å². The zero-order valence-corrected chi connectivity index (χ0v) is 11.5. The van der Waals surface area contributed by atoms with Crippen molar-refractivity contribution in [2.45, 2.75) is 11.8 Å². The van der Waals surface area contributed by atoms with Gasteiger partial charge in [-0.25, -0.2) is 4.21 Å². The average Bonchev–Trinajstić information content (AvgIpc) is 2.45. The molecule has 0 fully saturated rings. The Morgan fingerprint density at radius 2 is 1.80 bits per heavy atom. The maximum Gasteiger partial charge on any atom is 0.278 e. The van der Waals surface area contributed by atoms with Crippen LogP contribution in [0.3, 0.4) is 0 Å². The molecule has 0 heterocycles. The van der Waals surface area contributed by atoms with E-state index in [1.807, 2.05) is 19.1 Å². The lowest BCUT2D eigenvalue weighted by molar-refractivity contribution is -0.385. The van der Waals surface area contributed by atoms with Crippen LogP contribution in [-0.2, 0) is 11.0 Å². The summed E-state index contributed by atoms with van der Waals surface area (Å²) in [6.45, 7) is 1.93. The molecule has 1 unspecified atom stereocenters. The summed E-state index contributed by atoms with van der Waals surface area (Å²) in [6.07, 6.45) is 1.27. The normalized spacial score (nSPS) is 12.4. The van der Waals surface area contributed by atoms with Gasteiger partial charge in [-0.15, -0.1) is 0 Å². The Hall–Kier alpha value is -2.34. The van der Waals surface area contributed by atoms with Crippen LogP contribution < -0.4 is 0 Å². The molecule has 0 saturated carbocycles. The summed E-state index contributed by atoms with van der Waals surface area (Å²) >= 11 is 0. The number of rotatable bonds is 4. The Morgan fingerprint density at radius 3 is 2.45 bits per heavy atom. The van der Waals surface area contributed by atoms with Gasteiger partial charge in [0, 0.05) is 6.07 Å². The highest BCUT2D eigenvalue weighted by molar-refractivity contribution is 7.83. The highest BCUT2D eigenvalue weighted by Gasteiger charge is 2.10. The Labute approximate surface area is 118 Å². The first-order chi connectivity index (χ1) is 9.58. The Kier molecular flexibility index (Phi) is 4.37. The van der Waals surface area contributed by atoms with E-state index in [0.29, 0.717) is 10.5 Å². The number of hydrogen-bond donors (Lipinski definition) is 0. The molecule has 2 aromatic rings. The van der Waals surface area contributed by atoms with Gasteiger partial charge in [-0.2, -0.15) is 4.40 Å². The van der Waals surface area contributed by atoms with E-state index in [9.17, 15) is 14.3 Å². The van der Waals surface area contributed by atoms with Gasteiger partial charge in [-0.3, -0.25) is 10.1 Å². The molecule has 0 saturated heterocycles. The van der Waals surface area contributed by atoms with E-state index < -0.39 is 15.9 Å². The van der Waals surface area contributed by atoms with Gasteiger partial charge < -0.3 is 0 Å². The minimum Gasteiger partial charge on any atom is -0.258 e. The Bertz CT molecular complexity index is 681. The molecule has 0 radical (unpaired) electrons. The molecule has 0 aromatic heterocycles. The summed E-state index contributed by atoms with van der Waals surface area (Å²) in [5.74, 6) is 0. The van der Waals surface area contributed by atoms with E-state index >= 15 is 0 Å². The van der Waals surface area contributed by atoms with Gasteiger partial charge in [0.2, 0.25) is 0 Å². The zero-order chi connectivity index (χ0) is 14.5. The summed E-state index contributed by atoms with van der Waals surface area (Å²) in [5, 5.41) is 10.8. The molecule has 0 aliphatic heterocycles. The maximum atomic E-state index is 12.0. The smallest absolute Gasteiger partial charge is 0.258 e. The summed E-state index contributed by atoms with van der Waals surface area (Å²) in [5.41, 5.74) is 1.34. The fourth-order valence-electron chi connectivity index (χ4n) is 1.58. The number of aryl methyl sites for hydroxylation is 1. The minimum atomic E-state index is -1.57. The van der Waals surface area contributed by atoms with Gasteiger partial charge in [-0.1, -0.05) is 29.8 Å². The fraction of sp³-hybridized carbons (Fsp3) is 0.0714. The second kappa shape index (κ2) is 6.21. The first-order valence-electron chi connectivity index (χ1n) is 5.84. The Morgan fingerprint density at radius 1 is 1.15 bits per heavy atom. The van der Waals surface area contributed by atoms with Crippen molar-refractivity contribution in [1.82, 2.24) is 0 Å². The van der Waals surface area contributed by atoms with E-state index in [0.717, 1.165) is 5.56 Å². The highest BCUT2D eigenvalue weighted by atomic mass is 32.2. The van der Waals surface area contributed by atoms with Crippen molar-refractivity contribution in [3.05, 3.63) is 69.8 Å². The molecule has 6 heteroatoms. The van der Waals surface area contributed by atoms with Crippen LogP contribution >= 0.6 is 0 Å². The number of para-hydroxylation sites is 1. The quantitative estimate of drug-likeness (QED) is 0.493. The van der Waals surface area contributed by atoms with Crippen LogP contribution in [0.4, 0.5) is 5.69 Å². The van der Waals surface area contributed by atoms with E-state index in [1.54, 1.807) is 30.3 Å². The third-order valence-corrected chi connectivity index (χ3v) is 3.62. The molecule has 2 rings (SSSR count). The van der Waals surface area contributed by atoms with Gasteiger partial charge in [0.05, 0.1) is 21.6 Å². The summed E-state index contributed by atoms with van der Waals surface area (Å²) < 4.78 is 15.8. The van der Waals surface area contributed by atoms with Crippen LogP contribution in [0.15, 0.2) is 57.8 Å². The largest absolute Gasteiger partial charge is 0.278 e. The predicted molar refractivity (Wildman–Crippen MR) is 78.3 cm³/mol. The van der Waals surface area contributed by atoms with E-state index in [4.69, 9.17) is 0 Å². The van der Waals surface area contributed by atoms with Gasteiger partial charge >= 0.3 is 0 Å². The number of hydrogen-bond acceptors (Lipinski definition) is 3. The fourth-order valence-corrected chi connectivity index (χ4v) is 2.28. The molecule has 1 atom stereocenters. The van der Waals surface area contributed by atoms with Crippen molar-refractivity contribution < 1.29 is 9.13 Å². The topological polar surface area (TPSA) is 72.6 Å². The highest BCUT2D eigenvalue weighted by Crippen LogP contribution is 2.16.